The maximum absolute atomic E-state index is 11.5. The van der Waals surface area contributed by atoms with Crippen LogP contribution in [-0.4, -0.2) is 34.3 Å². The highest BCUT2D eigenvalue weighted by atomic mass is 32.2. The topological polar surface area (TPSA) is 58.2 Å². The molecule has 0 fully saturated rings. The zero-order valence-electron chi connectivity index (χ0n) is 10.9. The molecule has 0 aliphatic heterocycles. The maximum Gasteiger partial charge on any atom is 0.315 e. The van der Waals surface area contributed by atoms with E-state index in [-0.39, 0.29) is 23.2 Å². The van der Waals surface area contributed by atoms with Gasteiger partial charge in [-0.05, 0) is 12.3 Å². The Morgan fingerprint density at radius 2 is 2.00 bits per heavy atom. The summed E-state index contributed by atoms with van der Waals surface area (Å²) in [5, 5.41) is 5.50. The molecule has 0 aliphatic rings. The summed E-state index contributed by atoms with van der Waals surface area (Å²) < 4.78 is 11.1. The molecule has 0 rings (SSSR count). The summed E-state index contributed by atoms with van der Waals surface area (Å²) in [4.78, 5) is 11.5. The molecular weight excluding hydrogens is 236 g/mol. The molecule has 0 saturated heterocycles. The van der Waals surface area contributed by atoms with Gasteiger partial charge in [0.15, 0.2) is 0 Å². The summed E-state index contributed by atoms with van der Waals surface area (Å²) in [6, 6.07) is -0.525. The van der Waals surface area contributed by atoms with E-state index in [0.29, 0.717) is 13.0 Å². The van der Waals surface area contributed by atoms with Gasteiger partial charge in [-0.3, -0.25) is 4.21 Å². The number of hydrogen-bond acceptors (Lipinski definition) is 2. The standard InChI is InChI=1S/C12H22N2O2S/c1-6-11(9(2)3)14-12(15)13-8-7-10(4)17(5)16/h1,9-11H,7-8H2,2-5H3,(H2,13,14,15)/t10-,11-,17+/m0/s1. The Balaban J connectivity index is 3.88. The lowest BCUT2D eigenvalue weighted by Gasteiger charge is -2.17. The number of nitrogens with one attached hydrogen (secondary N) is 2. The molecule has 0 aromatic heterocycles. The van der Waals surface area contributed by atoms with E-state index in [9.17, 15) is 9.00 Å². The third-order valence-corrected chi connectivity index (χ3v) is 3.90. The number of urea groups is 1. The Morgan fingerprint density at radius 3 is 2.41 bits per heavy atom. The molecule has 0 unspecified atom stereocenters. The van der Waals surface area contributed by atoms with Crippen LogP contribution in [-0.2, 0) is 10.8 Å². The van der Waals surface area contributed by atoms with E-state index < -0.39 is 10.8 Å². The zero-order chi connectivity index (χ0) is 13.4. The second-order valence-corrected chi connectivity index (χ2v) is 6.19. The predicted molar refractivity (Wildman–Crippen MR) is 72.1 cm³/mol. The lowest BCUT2D eigenvalue weighted by atomic mass is 10.1. The number of carbonyl (C=O) groups is 1. The lowest BCUT2D eigenvalue weighted by molar-refractivity contribution is 0.236. The average molecular weight is 258 g/mol. The smallest absolute Gasteiger partial charge is 0.315 e. The highest BCUT2D eigenvalue weighted by Crippen LogP contribution is 2.00. The summed E-state index contributed by atoms with van der Waals surface area (Å²) in [7, 11) is -0.849. The van der Waals surface area contributed by atoms with E-state index in [1.807, 2.05) is 20.8 Å². The molecule has 0 radical (unpaired) electrons. The molecule has 0 aliphatic carbocycles. The lowest BCUT2D eigenvalue weighted by Crippen LogP contribution is -2.44. The van der Waals surface area contributed by atoms with Crippen molar-refractivity contribution in [1.82, 2.24) is 10.6 Å². The van der Waals surface area contributed by atoms with Gasteiger partial charge in [-0.1, -0.05) is 26.7 Å². The normalized spacial score (nSPS) is 15.8. The first kappa shape index (κ1) is 16.0. The van der Waals surface area contributed by atoms with Crippen molar-refractivity contribution in [3.05, 3.63) is 0 Å². The van der Waals surface area contributed by atoms with Crippen molar-refractivity contribution >= 4 is 16.8 Å². The Hall–Kier alpha value is -1.02. The fraction of sp³-hybridized carbons (Fsp3) is 0.750. The number of rotatable bonds is 6. The van der Waals surface area contributed by atoms with Crippen molar-refractivity contribution in [2.75, 3.05) is 12.8 Å². The minimum atomic E-state index is -0.849. The van der Waals surface area contributed by atoms with Gasteiger partial charge >= 0.3 is 6.03 Å². The second-order valence-electron chi connectivity index (χ2n) is 4.39. The second kappa shape index (κ2) is 8.13. The Bertz CT molecular complexity index is 310. The van der Waals surface area contributed by atoms with Crippen LogP contribution in [0, 0.1) is 18.3 Å². The fourth-order valence-corrected chi connectivity index (χ4v) is 1.60. The van der Waals surface area contributed by atoms with E-state index in [1.165, 1.54) is 0 Å². The number of amides is 2. The molecule has 17 heavy (non-hydrogen) atoms. The van der Waals surface area contributed by atoms with Crippen LogP contribution in [0.2, 0.25) is 0 Å². The van der Waals surface area contributed by atoms with Crippen molar-refractivity contribution in [3.8, 4) is 12.3 Å². The quantitative estimate of drug-likeness (QED) is 0.701. The molecule has 0 aromatic rings. The molecule has 98 valence electrons. The van der Waals surface area contributed by atoms with Crippen LogP contribution in [0.3, 0.4) is 0 Å². The first-order valence-electron chi connectivity index (χ1n) is 5.71. The molecule has 0 saturated carbocycles. The van der Waals surface area contributed by atoms with E-state index in [1.54, 1.807) is 6.26 Å². The van der Waals surface area contributed by atoms with Gasteiger partial charge in [-0.2, -0.15) is 0 Å². The Kier molecular flexibility index (Phi) is 7.64. The van der Waals surface area contributed by atoms with Crippen molar-refractivity contribution in [1.29, 1.82) is 0 Å². The molecule has 5 heteroatoms. The number of hydrogen-bond donors (Lipinski definition) is 2. The van der Waals surface area contributed by atoms with Crippen molar-refractivity contribution in [2.45, 2.75) is 38.5 Å². The number of carbonyl (C=O) groups excluding carboxylic acids is 1. The van der Waals surface area contributed by atoms with Crippen molar-refractivity contribution < 1.29 is 9.00 Å². The highest BCUT2D eigenvalue weighted by Gasteiger charge is 2.13. The van der Waals surface area contributed by atoms with Gasteiger partial charge in [0, 0.05) is 28.9 Å². The highest BCUT2D eigenvalue weighted by molar-refractivity contribution is 7.84. The SMILES string of the molecule is C#C[C@H](NC(=O)NCC[C@H](C)[S@@](C)=O)C(C)C. The van der Waals surface area contributed by atoms with Crippen molar-refractivity contribution in [2.24, 2.45) is 5.92 Å². The molecule has 4 nitrogen and oxygen atoms in total. The molecule has 3 atom stereocenters. The monoisotopic (exact) mass is 258 g/mol. The van der Waals surface area contributed by atoms with E-state index >= 15 is 0 Å². The third-order valence-electron chi connectivity index (χ3n) is 2.54. The van der Waals surface area contributed by atoms with E-state index in [4.69, 9.17) is 6.42 Å². The average Bonchev–Trinajstić information content (AvgIpc) is 2.25. The first-order chi connectivity index (χ1) is 7.88. The minimum absolute atomic E-state index is 0.0869. The third kappa shape index (κ3) is 7.01. The molecular formula is C12H22N2O2S. The largest absolute Gasteiger partial charge is 0.338 e. The summed E-state index contributed by atoms with van der Waals surface area (Å²) in [6.07, 6.45) is 7.66. The zero-order valence-corrected chi connectivity index (χ0v) is 11.8. The first-order valence-corrected chi connectivity index (χ1v) is 7.33. The van der Waals surface area contributed by atoms with Gasteiger partial charge in [-0.15, -0.1) is 6.42 Å². The van der Waals surface area contributed by atoms with Gasteiger partial charge in [0.05, 0.1) is 6.04 Å². The van der Waals surface area contributed by atoms with Crippen LogP contribution >= 0.6 is 0 Å². The number of terminal acetylenes is 1. The van der Waals surface area contributed by atoms with E-state index in [2.05, 4.69) is 16.6 Å². The molecule has 0 aromatic carbocycles. The Labute approximate surface area is 106 Å². The molecule has 2 N–H and O–H groups in total. The van der Waals surface area contributed by atoms with Gasteiger partial charge < -0.3 is 10.6 Å². The van der Waals surface area contributed by atoms with Crippen LogP contribution in [0.25, 0.3) is 0 Å². The van der Waals surface area contributed by atoms with E-state index in [0.717, 1.165) is 0 Å². The summed E-state index contributed by atoms with van der Waals surface area (Å²) in [6.45, 7) is 6.30. The predicted octanol–water partition coefficient (Wildman–Crippen LogP) is 1.10. The molecule has 0 spiro atoms. The maximum atomic E-state index is 11.5. The Morgan fingerprint density at radius 1 is 1.41 bits per heavy atom. The van der Waals surface area contributed by atoms with Crippen LogP contribution in [0.5, 0.6) is 0 Å². The van der Waals surface area contributed by atoms with Crippen LogP contribution in [0.1, 0.15) is 27.2 Å². The molecule has 0 bridgehead atoms. The van der Waals surface area contributed by atoms with Crippen LogP contribution in [0.4, 0.5) is 4.79 Å². The molecule has 0 heterocycles. The van der Waals surface area contributed by atoms with Crippen LogP contribution in [0.15, 0.2) is 0 Å². The fourth-order valence-electron chi connectivity index (χ4n) is 1.15. The van der Waals surface area contributed by atoms with Gasteiger partial charge in [0.25, 0.3) is 0 Å². The summed E-state index contributed by atoms with van der Waals surface area (Å²) in [5.41, 5.74) is 0. The summed E-state index contributed by atoms with van der Waals surface area (Å²) in [5.74, 6) is 2.73. The summed E-state index contributed by atoms with van der Waals surface area (Å²) >= 11 is 0. The van der Waals surface area contributed by atoms with Crippen molar-refractivity contribution in [3.63, 3.8) is 0 Å². The minimum Gasteiger partial charge on any atom is -0.338 e. The molecule has 2 amide bonds. The van der Waals surface area contributed by atoms with Crippen LogP contribution < -0.4 is 10.6 Å². The van der Waals surface area contributed by atoms with Gasteiger partial charge in [0.1, 0.15) is 0 Å². The van der Waals surface area contributed by atoms with Gasteiger partial charge in [0.2, 0.25) is 0 Å². The van der Waals surface area contributed by atoms with Gasteiger partial charge in [-0.25, -0.2) is 4.79 Å².